The number of hydrogen-bond acceptors (Lipinski definition) is 4. The van der Waals surface area contributed by atoms with E-state index >= 15 is 0 Å². The Labute approximate surface area is 88.1 Å². The summed E-state index contributed by atoms with van der Waals surface area (Å²) < 4.78 is 10.5. The standard InChI is InChI=1S/C11H13NO3/c1-8(6-12-13)4-9-2-3-10-11(5-9)15-7-14-10/h2-3,5-6,8,13H,4,7H2,1H3/b12-6-/t8-/m0/s1. The smallest absolute Gasteiger partial charge is 0.231 e. The van der Waals surface area contributed by atoms with Gasteiger partial charge in [-0.2, -0.15) is 0 Å². The van der Waals surface area contributed by atoms with Gasteiger partial charge in [0.2, 0.25) is 6.79 Å². The van der Waals surface area contributed by atoms with Gasteiger partial charge in [0.15, 0.2) is 11.5 Å². The quantitative estimate of drug-likeness (QED) is 0.469. The molecular formula is C11H13NO3. The Balaban J connectivity index is 2.10. The van der Waals surface area contributed by atoms with Gasteiger partial charge in [-0.15, -0.1) is 5.16 Å². The molecule has 0 aromatic heterocycles. The molecule has 1 aliphatic heterocycles. The van der Waals surface area contributed by atoms with Gasteiger partial charge in [-0.3, -0.25) is 0 Å². The Kier molecular flexibility index (Phi) is 2.76. The van der Waals surface area contributed by atoms with Crippen LogP contribution in [0.2, 0.25) is 0 Å². The minimum Gasteiger partial charge on any atom is -0.454 e. The third-order valence-corrected chi connectivity index (χ3v) is 2.32. The fourth-order valence-corrected chi connectivity index (χ4v) is 1.61. The molecule has 0 unspecified atom stereocenters. The van der Waals surface area contributed by atoms with Crippen LogP contribution in [0.4, 0.5) is 0 Å². The summed E-state index contributed by atoms with van der Waals surface area (Å²) in [6.45, 7) is 2.29. The van der Waals surface area contributed by atoms with E-state index in [9.17, 15) is 0 Å². The van der Waals surface area contributed by atoms with Gasteiger partial charge in [0, 0.05) is 6.21 Å². The molecule has 1 aliphatic rings. The third kappa shape index (κ3) is 2.21. The van der Waals surface area contributed by atoms with E-state index in [-0.39, 0.29) is 5.92 Å². The molecular weight excluding hydrogens is 194 g/mol. The van der Waals surface area contributed by atoms with Crippen molar-refractivity contribution < 1.29 is 14.7 Å². The van der Waals surface area contributed by atoms with Gasteiger partial charge >= 0.3 is 0 Å². The van der Waals surface area contributed by atoms with Crippen molar-refractivity contribution in [3.63, 3.8) is 0 Å². The van der Waals surface area contributed by atoms with Crippen molar-refractivity contribution in [2.24, 2.45) is 11.1 Å². The van der Waals surface area contributed by atoms with Crippen LogP contribution in [0.15, 0.2) is 23.4 Å². The summed E-state index contributed by atoms with van der Waals surface area (Å²) in [5, 5.41) is 11.4. The molecule has 80 valence electrons. The topological polar surface area (TPSA) is 51.1 Å². The maximum absolute atomic E-state index is 8.39. The molecule has 0 saturated carbocycles. The van der Waals surface area contributed by atoms with Crippen LogP contribution in [0.25, 0.3) is 0 Å². The number of benzene rings is 1. The zero-order valence-electron chi connectivity index (χ0n) is 8.51. The van der Waals surface area contributed by atoms with E-state index in [4.69, 9.17) is 14.7 Å². The second-order valence-corrected chi connectivity index (χ2v) is 3.63. The lowest BCUT2D eigenvalue weighted by atomic mass is 10.0. The van der Waals surface area contributed by atoms with Crippen molar-refractivity contribution in [3.8, 4) is 11.5 Å². The van der Waals surface area contributed by atoms with E-state index in [0.29, 0.717) is 6.79 Å². The van der Waals surface area contributed by atoms with Gasteiger partial charge < -0.3 is 14.7 Å². The predicted octanol–water partition coefficient (Wildman–Crippen LogP) is 2.05. The normalized spacial score (nSPS) is 15.8. The summed E-state index contributed by atoms with van der Waals surface area (Å²) in [5.41, 5.74) is 1.15. The maximum Gasteiger partial charge on any atom is 0.231 e. The number of rotatable bonds is 3. The van der Waals surface area contributed by atoms with Crippen LogP contribution in [0, 0.1) is 5.92 Å². The van der Waals surface area contributed by atoms with Crippen LogP contribution >= 0.6 is 0 Å². The minimum atomic E-state index is 0.204. The average molecular weight is 207 g/mol. The molecule has 1 aromatic rings. The van der Waals surface area contributed by atoms with Gasteiger partial charge in [-0.05, 0) is 30.0 Å². The summed E-state index contributed by atoms with van der Waals surface area (Å²) in [6, 6.07) is 5.86. The molecule has 0 radical (unpaired) electrons. The van der Waals surface area contributed by atoms with E-state index < -0.39 is 0 Å². The lowest BCUT2D eigenvalue weighted by Crippen LogP contribution is -2.00. The van der Waals surface area contributed by atoms with E-state index in [1.165, 1.54) is 6.21 Å². The fraction of sp³-hybridized carbons (Fsp3) is 0.364. The molecule has 0 fully saturated rings. The number of oxime groups is 1. The van der Waals surface area contributed by atoms with Crippen LogP contribution in [0.1, 0.15) is 12.5 Å². The number of nitrogens with zero attached hydrogens (tertiary/aromatic N) is 1. The molecule has 15 heavy (non-hydrogen) atoms. The summed E-state index contributed by atoms with van der Waals surface area (Å²) in [7, 11) is 0. The monoisotopic (exact) mass is 207 g/mol. The molecule has 2 rings (SSSR count). The highest BCUT2D eigenvalue weighted by molar-refractivity contribution is 5.60. The molecule has 0 bridgehead atoms. The van der Waals surface area contributed by atoms with Gasteiger partial charge in [0.25, 0.3) is 0 Å². The highest BCUT2D eigenvalue weighted by Crippen LogP contribution is 2.32. The van der Waals surface area contributed by atoms with Crippen molar-refractivity contribution >= 4 is 6.21 Å². The highest BCUT2D eigenvalue weighted by atomic mass is 16.7. The summed E-state index contributed by atoms with van der Waals surface area (Å²) in [5.74, 6) is 1.79. The molecule has 4 heteroatoms. The Morgan fingerprint density at radius 1 is 1.47 bits per heavy atom. The Bertz CT molecular complexity index is 376. The minimum absolute atomic E-state index is 0.204. The lowest BCUT2D eigenvalue weighted by molar-refractivity contribution is 0.174. The molecule has 1 atom stereocenters. The first-order chi connectivity index (χ1) is 7.29. The van der Waals surface area contributed by atoms with Gasteiger partial charge in [0.05, 0.1) is 0 Å². The first-order valence-corrected chi connectivity index (χ1v) is 4.85. The Morgan fingerprint density at radius 3 is 3.07 bits per heavy atom. The summed E-state index contributed by atoms with van der Waals surface area (Å²) >= 11 is 0. The predicted molar refractivity (Wildman–Crippen MR) is 55.7 cm³/mol. The van der Waals surface area contributed by atoms with Crippen molar-refractivity contribution in [1.82, 2.24) is 0 Å². The van der Waals surface area contributed by atoms with Crippen molar-refractivity contribution in [2.45, 2.75) is 13.3 Å². The molecule has 4 nitrogen and oxygen atoms in total. The average Bonchev–Trinajstić information content (AvgIpc) is 2.65. The van der Waals surface area contributed by atoms with Crippen LogP contribution < -0.4 is 9.47 Å². The number of fused-ring (bicyclic) bond motifs is 1. The molecule has 1 N–H and O–H groups in total. The van der Waals surface area contributed by atoms with E-state index in [2.05, 4.69) is 5.16 Å². The van der Waals surface area contributed by atoms with E-state index in [1.54, 1.807) is 0 Å². The SMILES string of the molecule is C[C@H](/C=N\O)Cc1ccc2c(c1)OCO2. The van der Waals surface area contributed by atoms with Crippen LogP contribution in [-0.4, -0.2) is 18.2 Å². The number of ether oxygens (including phenoxy) is 2. The van der Waals surface area contributed by atoms with Crippen LogP contribution in [-0.2, 0) is 6.42 Å². The van der Waals surface area contributed by atoms with Gasteiger partial charge in [0.1, 0.15) is 0 Å². The molecule has 0 amide bonds. The van der Waals surface area contributed by atoms with E-state index in [0.717, 1.165) is 23.5 Å². The van der Waals surface area contributed by atoms with Crippen molar-refractivity contribution in [1.29, 1.82) is 0 Å². The van der Waals surface area contributed by atoms with Crippen molar-refractivity contribution in [3.05, 3.63) is 23.8 Å². The molecule has 0 saturated heterocycles. The zero-order chi connectivity index (χ0) is 10.7. The lowest BCUT2D eigenvalue weighted by Gasteiger charge is -2.05. The van der Waals surface area contributed by atoms with Crippen LogP contribution in [0.5, 0.6) is 11.5 Å². The largest absolute Gasteiger partial charge is 0.454 e. The molecule has 0 spiro atoms. The first-order valence-electron chi connectivity index (χ1n) is 4.85. The van der Waals surface area contributed by atoms with Crippen LogP contribution in [0.3, 0.4) is 0 Å². The van der Waals surface area contributed by atoms with E-state index in [1.807, 2.05) is 25.1 Å². The second kappa shape index (κ2) is 4.21. The molecule has 1 heterocycles. The molecule has 1 aromatic carbocycles. The maximum atomic E-state index is 8.39. The summed E-state index contributed by atoms with van der Waals surface area (Å²) in [6.07, 6.45) is 2.34. The second-order valence-electron chi connectivity index (χ2n) is 3.63. The van der Waals surface area contributed by atoms with Gasteiger partial charge in [-0.1, -0.05) is 13.0 Å². The van der Waals surface area contributed by atoms with Crippen molar-refractivity contribution in [2.75, 3.05) is 6.79 Å². The van der Waals surface area contributed by atoms with Gasteiger partial charge in [-0.25, -0.2) is 0 Å². The molecule has 0 aliphatic carbocycles. The zero-order valence-corrected chi connectivity index (χ0v) is 8.51. The summed E-state index contributed by atoms with van der Waals surface area (Å²) in [4.78, 5) is 0. The number of hydrogen-bond donors (Lipinski definition) is 1. The fourth-order valence-electron chi connectivity index (χ4n) is 1.61. The Hall–Kier alpha value is -1.71. The third-order valence-electron chi connectivity index (χ3n) is 2.32. The first kappa shape index (κ1) is 9.83. The highest BCUT2D eigenvalue weighted by Gasteiger charge is 2.13. The Morgan fingerprint density at radius 2 is 2.27 bits per heavy atom.